The van der Waals surface area contributed by atoms with Crippen LogP contribution in [0.2, 0.25) is 0 Å². The summed E-state index contributed by atoms with van der Waals surface area (Å²) >= 11 is 0. The highest BCUT2D eigenvalue weighted by molar-refractivity contribution is 6.35. The summed E-state index contributed by atoms with van der Waals surface area (Å²) in [4.78, 5) is 32.3. The van der Waals surface area contributed by atoms with Gasteiger partial charge in [-0.2, -0.15) is 0 Å². The third-order valence-corrected chi connectivity index (χ3v) is 5.75. The van der Waals surface area contributed by atoms with E-state index >= 15 is 0 Å². The first-order chi connectivity index (χ1) is 15.0. The van der Waals surface area contributed by atoms with Crippen molar-refractivity contribution in [1.82, 2.24) is 14.7 Å². The van der Waals surface area contributed by atoms with Crippen molar-refractivity contribution in [2.45, 2.75) is 46.1 Å². The van der Waals surface area contributed by atoms with E-state index in [4.69, 9.17) is 4.74 Å². The molecule has 2 aliphatic heterocycles. The number of rotatable bonds is 10. The van der Waals surface area contributed by atoms with Gasteiger partial charge in [0.2, 0.25) is 0 Å². The Morgan fingerprint density at radius 3 is 2.23 bits per heavy atom. The fraction of sp³-hybridized carbons (Fsp3) is 0.583. The van der Waals surface area contributed by atoms with Gasteiger partial charge in [-0.1, -0.05) is 31.9 Å². The highest BCUT2D eigenvalue weighted by atomic mass is 16.5. The Balaban J connectivity index is 1.89. The molecule has 31 heavy (non-hydrogen) atoms. The molecule has 3 rings (SSSR count). The molecule has 0 unspecified atom stereocenters. The van der Waals surface area contributed by atoms with Gasteiger partial charge in [0.15, 0.2) is 0 Å². The molecule has 2 aliphatic rings. The van der Waals surface area contributed by atoms with Crippen LogP contribution in [0.25, 0.3) is 5.57 Å². The monoisotopic (exact) mass is 429 g/mol. The van der Waals surface area contributed by atoms with Crippen LogP contribution >= 0.6 is 0 Å². The number of piperazine rings is 1. The van der Waals surface area contributed by atoms with Crippen LogP contribution in [0.3, 0.4) is 0 Å². The van der Waals surface area contributed by atoms with Crippen molar-refractivity contribution in [3.63, 3.8) is 0 Å². The van der Waals surface area contributed by atoms with Crippen LogP contribution in [0.5, 0.6) is 5.75 Å². The van der Waals surface area contributed by atoms with E-state index in [0.717, 1.165) is 43.7 Å². The van der Waals surface area contributed by atoms with Gasteiger partial charge in [-0.3, -0.25) is 19.4 Å². The minimum absolute atomic E-state index is 0.0691. The van der Waals surface area contributed by atoms with Crippen molar-refractivity contribution in [2.75, 3.05) is 45.9 Å². The van der Waals surface area contributed by atoms with Crippen molar-refractivity contribution < 1.29 is 19.4 Å². The molecule has 2 heterocycles. The summed E-state index contributed by atoms with van der Waals surface area (Å²) in [6, 6.07) is 7.46. The number of hydrogen-bond acceptors (Lipinski definition) is 6. The molecule has 1 N–H and O–H groups in total. The second-order valence-corrected chi connectivity index (χ2v) is 8.44. The Morgan fingerprint density at radius 1 is 0.968 bits per heavy atom. The third-order valence-electron chi connectivity index (χ3n) is 5.75. The average Bonchev–Trinajstić information content (AvgIpc) is 2.99. The maximum atomic E-state index is 13.3. The number of β-amino-alcohol motifs (C(OH)–C–C–N with tert-alkyl or cyclic N) is 1. The number of hydrogen-bond donors (Lipinski definition) is 1. The molecule has 7 nitrogen and oxygen atoms in total. The van der Waals surface area contributed by atoms with E-state index in [0.29, 0.717) is 37.4 Å². The third kappa shape index (κ3) is 5.46. The number of amides is 2. The van der Waals surface area contributed by atoms with E-state index in [1.807, 2.05) is 43.0 Å². The number of benzene rings is 1. The van der Waals surface area contributed by atoms with Gasteiger partial charge < -0.3 is 14.7 Å². The second-order valence-electron chi connectivity index (χ2n) is 8.44. The van der Waals surface area contributed by atoms with Crippen LogP contribution in [-0.4, -0.2) is 83.6 Å². The van der Waals surface area contributed by atoms with E-state index in [1.54, 1.807) is 0 Å². The Labute approximate surface area is 185 Å². The molecule has 1 saturated heterocycles. The number of ether oxygens (including phenoxy) is 1. The number of nitrogens with zero attached hydrogens (tertiary/aromatic N) is 3. The summed E-state index contributed by atoms with van der Waals surface area (Å²) in [5, 5.41) is 9.20. The van der Waals surface area contributed by atoms with Crippen molar-refractivity contribution in [1.29, 1.82) is 0 Å². The minimum Gasteiger partial charge on any atom is -0.491 e. The smallest absolute Gasteiger partial charge is 0.277 e. The molecule has 0 aliphatic carbocycles. The van der Waals surface area contributed by atoms with Crippen molar-refractivity contribution >= 4 is 17.4 Å². The molecule has 0 spiro atoms. The van der Waals surface area contributed by atoms with E-state index in [-0.39, 0.29) is 24.5 Å². The summed E-state index contributed by atoms with van der Waals surface area (Å²) < 4.78 is 5.73. The lowest BCUT2D eigenvalue weighted by atomic mass is 10.0. The predicted octanol–water partition coefficient (Wildman–Crippen LogP) is 2.35. The fourth-order valence-corrected chi connectivity index (χ4v) is 4.15. The number of unbranched alkanes of at least 4 members (excludes halogenated alkanes) is 2. The Bertz CT molecular complexity index is 796. The Morgan fingerprint density at radius 2 is 1.65 bits per heavy atom. The van der Waals surface area contributed by atoms with Crippen LogP contribution in [0.15, 0.2) is 30.0 Å². The van der Waals surface area contributed by atoms with Gasteiger partial charge in [-0.15, -0.1) is 0 Å². The molecular weight excluding hydrogens is 394 g/mol. The lowest BCUT2D eigenvalue weighted by Gasteiger charge is -2.36. The van der Waals surface area contributed by atoms with Crippen LogP contribution in [0.4, 0.5) is 0 Å². The molecule has 170 valence electrons. The van der Waals surface area contributed by atoms with Gasteiger partial charge >= 0.3 is 0 Å². The number of imide groups is 1. The van der Waals surface area contributed by atoms with Crippen molar-refractivity contribution in [2.24, 2.45) is 0 Å². The Kier molecular flexibility index (Phi) is 8.09. The van der Waals surface area contributed by atoms with Crippen molar-refractivity contribution in [3.8, 4) is 5.75 Å². The molecule has 0 bridgehead atoms. The van der Waals surface area contributed by atoms with E-state index in [9.17, 15) is 14.7 Å². The summed E-state index contributed by atoms with van der Waals surface area (Å²) in [6.07, 6.45) is 2.91. The molecule has 1 aromatic carbocycles. The first kappa shape index (κ1) is 23.3. The normalized spacial score (nSPS) is 18.0. The highest BCUT2D eigenvalue weighted by Crippen LogP contribution is 2.33. The van der Waals surface area contributed by atoms with Crippen molar-refractivity contribution in [3.05, 3.63) is 35.5 Å². The maximum Gasteiger partial charge on any atom is 0.277 e. The van der Waals surface area contributed by atoms with Gasteiger partial charge in [0, 0.05) is 39.3 Å². The maximum absolute atomic E-state index is 13.3. The van der Waals surface area contributed by atoms with Gasteiger partial charge in [0.25, 0.3) is 11.8 Å². The zero-order valence-corrected chi connectivity index (χ0v) is 19.0. The lowest BCUT2D eigenvalue weighted by molar-refractivity contribution is -0.137. The predicted molar refractivity (Wildman–Crippen MR) is 120 cm³/mol. The number of aliphatic hydroxyl groups is 1. The SMILES string of the molecule is CCCCCN1C(=O)C(c2ccc(OC(C)C)cc2)=C(N2CCN(CCO)CC2)C1=O. The fourth-order valence-electron chi connectivity index (χ4n) is 4.15. The zero-order chi connectivity index (χ0) is 22.4. The van der Waals surface area contributed by atoms with Crippen LogP contribution < -0.4 is 4.74 Å². The summed E-state index contributed by atoms with van der Waals surface area (Å²) in [5.41, 5.74) is 1.76. The number of aliphatic hydroxyl groups excluding tert-OH is 1. The first-order valence-electron chi connectivity index (χ1n) is 11.4. The minimum atomic E-state index is -0.202. The number of carbonyl (C=O) groups is 2. The Hall–Kier alpha value is -2.38. The average molecular weight is 430 g/mol. The van der Waals surface area contributed by atoms with Gasteiger partial charge in [-0.05, 0) is 38.0 Å². The van der Waals surface area contributed by atoms with E-state index < -0.39 is 0 Å². The molecule has 0 aromatic heterocycles. The summed E-state index contributed by atoms with van der Waals surface area (Å²) in [7, 11) is 0. The van der Waals surface area contributed by atoms with Gasteiger partial charge in [-0.25, -0.2) is 0 Å². The number of carbonyl (C=O) groups excluding carboxylic acids is 2. The van der Waals surface area contributed by atoms with Crippen LogP contribution in [0.1, 0.15) is 45.6 Å². The summed E-state index contributed by atoms with van der Waals surface area (Å²) in [5.74, 6) is 0.357. The quantitative estimate of drug-likeness (QED) is 0.455. The molecule has 0 radical (unpaired) electrons. The molecule has 0 saturated carbocycles. The van der Waals surface area contributed by atoms with E-state index in [2.05, 4.69) is 11.8 Å². The molecular formula is C24H35N3O4. The van der Waals surface area contributed by atoms with E-state index in [1.165, 1.54) is 4.90 Å². The summed E-state index contributed by atoms with van der Waals surface area (Å²) in [6.45, 7) is 10.1. The van der Waals surface area contributed by atoms with Crippen LogP contribution in [-0.2, 0) is 9.59 Å². The molecule has 2 amide bonds. The first-order valence-corrected chi connectivity index (χ1v) is 11.4. The van der Waals surface area contributed by atoms with Crippen LogP contribution in [0, 0.1) is 0 Å². The highest BCUT2D eigenvalue weighted by Gasteiger charge is 2.41. The van der Waals surface area contributed by atoms with Gasteiger partial charge in [0.1, 0.15) is 11.4 Å². The standard InChI is InChI=1S/C24H35N3O4/c1-4-5-6-11-27-23(29)21(19-7-9-20(10-8-19)31-18(2)3)22(24(27)30)26-14-12-25(13-15-26)16-17-28/h7-10,18,28H,4-6,11-17H2,1-3H3. The molecule has 7 heteroatoms. The largest absolute Gasteiger partial charge is 0.491 e. The second kappa shape index (κ2) is 10.8. The lowest BCUT2D eigenvalue weighted by Crippen LogP contribution is -2.48. The molecule has 0 atom stereocenters. The topological polar surface area (TPSA) is 73.3 Å². The molecule has 1 aromatic rings. The zero-order valence-electron chi connectivity index (χ0n) is 19.0. The molecule has 1 fully saturated rings. The van der Waals surface area contributed by atoms with Gasteiger partial charge in [0.05, 0.1) is 18.3 Å².